The standard InChI is InChI=1S/C56H35N9/c1-38-20-24-41(25-21-38)42-36-55(49-18-10-12-43(61-49)26-22-39-32-51(45-14-2-6-28-57-45)63-52(33-39)46-15-3-7-29-58-46)65-56(37-42)50-19-11-13-44(62-50)27-23-40-34-53(47-16-4-8-30-59-47)64-54(35-40)48-17-5-9-31-60-48/h2-21,24-25,28-37H,1H3. The average molecular weight is 834 g/mol. The maximum absolute atomic E-state index is 5.15. The molecule has 0 unspecified atom stereocenters. The van der Waals surface area contributed by atoms with E-state index in [0.29, 0.717) is 56.9 Å². The molecule has 0 aliphatic carbocycles. The molecule has 0 N–H and O–H groups in total. The normalized spacial score (nSPS) is 10.6. The molecule has 0 radical (unpaired) electrons. The zero-order chi connectivity index (χ0) is 43.8. The molecule has 9 nitrogen and oxygen atoms in total. The van der Waals surface area contributed by atoms with E-state index in [1.54, 1.807) is 24.8 Å². The second-order valence-corrected chi connectivity index (χ2v) is 14.9. The molecular formula is C56H35N9. The van der Waals surface area contributed by atoms with Gasteiger partial charge in [0, 0.05) is 35.9 Å². The third-order valence-electron chi connectivity index (χ3n) is 10.3. The van der Waals surface area contributed by atoms with Crippen molar-refractivity contribution in [3.8, 4) is 103 Å². The molecule has 0 atom stereocenters. The zero-order valence-corrected chi connectivity index (χ0v) is 35.0. The first-order valence-electron chi connectivity index (χ1n) is 20.8. The van der Waals surface area contributed by atoms with Gasteiger partial charge >= 0.3 is 0 Å². The van der Waals surface area contributed by atoms with E-state index in [0.717, 1.165) is 45.0 Å². The van der Waals surface area contributed by atoms with Crippen molar-refractivity contribution in [1.82, 2.24) is 44.9 Å². The van der Waals surface area contributed by atoms with Gasteiger partial charge in [-0.05, 0) is 139 Å². The number of rotatable bonds is 7. The van der Waals surface area contributed by atoms with Crippen LogP contribution in [-0.2, 0) is 0 Å². The molecule has 0 aliphatic rings. The monoisotopic (exact) mass is 833 g/mol. The molecule has 1 aromatic carbocycles. The summed E-state index contributed by atoms with van der Waals surface area (Å²) in [6.45, 7) is 2.08. The summed E-state index contributed by atoms with van der Waals surface area (Å²) in [4.78, 5) is 43.1. The Bertz CT molecular complexity index is 3110. The van der Waals surface area contributed by atoms with Crippen LogP contribution < -0.4 is 0 Å². The fraction of sp³-hybridized carbons (Fsp3) is 0.0179. The molecule has 9 heterocycles. The fourth-order valence-electron chi connectivity index (χ4n) is 7.06. The lowest BCUT2D eigenvalue weighted by atomic mass is 10.0. The van der Waals surface area contributed by atoms with E-state index in [2.05, 4.69) is 86.9 Å². The van der Waals surface area contributed by atoms with Crippen molar-refractivity contribution < 1.29 is 0 Å². The minimum Gasteiger partial charge on any atom is -0.255 e. The van der Waals surface area contributed by atoms with Gasteiger partial charge in [-0.3, -0.25) is 19.9 Å². The van der Waals surface area contributed by atoms with E-state index in [9.17, 15) is 0 Å². The van der Waals surface area contributed by atoms with Crippen LogP contribution in [0.5, 0.6) is 0 Å². The van der Waals surface area contributed by atoms with Crippen molar-refractivity contribution in [2.45, 2.75) is 6.92 Å². The van der Waals surface area contributed by atoms with Crippen LogP contribution in [0.4, 0.5) is 0 Å². The van der Waals surface area contributed by atoms with Crippen molar-refractivity contribution in [1.29, 1.82) is 0 Å². The molecule has 0 saturated carbocycles. The van der Waals surface area contributed by atoms with Gasteiger partial charge in [-0.25, -0.2) is 24.9 Å². The Balaban J connectivity index is 1.01. The summed E-state index contributed by atoms with van der Waals surface area (Å²) in [7, 11) is 0. The molecule has 0 saturated heterocycles. The number of hydrogen-bond donors (Lipinski definition) is 0. The highest BCUT2D eigenvalue weighted by molar-refractivity contribution is 5.75. The molecule has 304 valence electrons. The molecule has 9 heteroatoms. The number of aryl methyl sites for hydroxylation is 1. The predicted molar refractivity (Wildman–Crippen MR) is 254 cm³/mol. The van der Waals surface area contributed by atoms with E-state index in [4.69, 9.17) is 24.9 Å². The third-order valence-corrected chi connectivity index (χ3v) is 10.3. The van der Waals surface area contributed by atoms with Crippen LogP contribution in [0.1, 0.15) is 28.1 Å². The van der Waals surface area contributed by atoms with Crippen LogP contribution in [0, 0.1) is 30.6 Å². The molecule has 0 aliphatic heterocycles. The lowest BCUT2D eigenvalue weighted by Gasteiger charge is -2.10. The molecular weight excluding hydrogens is 799 g/mol. The molecule has 0 fully saturated rings. The number of hydrogen-bond acceptors (Lipinski definition) is 9. The summed E-state index contributed by atoms with van der Waals surface area (Å²) in [6.07, 6.45) is 7.01. The van der Waals surface area contributed by atoms with Gasteiger partial charge in [0.1, 0.15) is 11.4 Å². The predicted octanol–water partition coefficient (Wildman–Crippen LogP) is 11.0. The van der Waals surface area contributed by atoms with E-state index >= 15 is 0 Å². The van der Waals surface area contributed by atoms with Crippen LogP contribution in [0.25, 0.3) is 79.5 Å². The Kier molecular flexibility index (Phi) is 11.2. The molecule has 0 bridgehead atoms. The van der Waals surface area contributed by atoms with Crippen molar-refractivity contribution in [2.75, 3.05) is 0 Å². The van der Waals surface area contributed by atoms with Crippen LogP contribution in [-0.4, -0.2) is 44.9 Å². The topological polar surface area (TPSA) is 116 Å². The summed E-state index contributed by atoms with van der Waals surface area (Å²) in [5.41, 5.74) is 14.4. The SMILES string of the molecule is Cc1ccc(-c2cc(-c3cccc(C#Cc4cc(-c5ccccn5)nc(-c5ccccn5)c4)n3)nc(-c3cccc(C#Cc4cc(-c5ccccn5)nc(-c5ccccn5)c4)n3)c2)cc1. The number of aromatic nitrogens is 9. The zero-order valence-electron chi connectivity index (χ0n) is 35.0. The molecule has 65 heavy (non-hydrogen) atoms. The summed E-state index contributed by atoms with van der Waals surface area (Å²) >= 11 is 0. The van der Waals surface area contributed by atoms with Crippen molar-refractivity contribution in [3.63, 3.8) is 0 Å². The van der Waals surface area contributed by atoms with Gasteiger partial charge in [-0.1, -0.05) is 78.1 Å². The van der Waals surface area contributed by atoms with Crippen LogP contribution >= 0.6 is 0 Å². The van der Waals surface area contributed by atoms with Gasteiger partial charge in [-0.15, -0.1) is 0 Å². The van der Waals surface area contributed by atoms with Crippen LogP contribution in [0.3, 0.4) is 0 Å². The summed E-state index contributed by atoms with van der Waals surface area (Å²) in [6, 6.07) is 54.9. The largest absolute Gasteiger partial charge is 0.255 e. The van der Waals surface area contributed by atoms with Crippen molar-refractivity contribution in [2.24, 2.45) is 0 Å². The first kappa shape index (κ1) is 39.8. The van der Waals surface area contributed by atoms with Gasteiger partial charge in [0.05, 0.1) is 68.3 Å². The summed E-state index contributed by atoms with van der Waals surface area (Å²) in [5, 5.41) is 0. The minimum absolute atomic E-state index is 0.589. The van der Waals surface area contributed by atoms with Crippen molar-refractivity contribution >= 4 is 0 Å². The maximum Gasteiger partial charge on any atom is 0.114 e. The summed E-state index contributed by atoms with van der Waals surface area (Å²) in [5.74, 6) is 13.2. The van der Waals surface area contributed by atoms with E-state index in [-0.39, 0.29) is 0 Å². The smallest absolute Gasteiger partial charge is 0.114 e. The second-order valence-electron chi connectivity index (χ2n) is 14.9. The highest BCUT2D eigenvalue weighted by Crippen LogP contribution is 2.30. The molecule has 9 aromatic heterocycles. The number of benzene rings is 1. The van der Waals surface area contributed by atoms with Crippen LogP contribution in [0.2, 0.25) is 0 Å². The number of pyridine rings is 9. The maximum atomic E-state index is 5.15. The first-order chi connectivity index (χ1) is 32.1. The molecule has 10 rings (SSSR count). The van der Waals surface area contributed by atoms with Crippen molar-refractivity contribution in [3.05, 3.63) is 223 Å². The Hall–Kier alpha value is -9.31. The lowest BCUT2D eigenvalue weighted by Crippen LogP contribution is -1.96. The van der Waals surface area contributed by atoms with E-state index in [1.165, 1.54) is 5.56 Å². The van der Waals surface area contributed by atoms with Gasteiger partial charge in [0.15, 0.2) is 0 Å². The Morgan fingerprint density at radius 3 is 0.985 bits per heavy atom. The average Bonchev–Trinajstić information content (AvgIpc) is 3.38. The first-order valence-corrected chi connectivity index (χ1v) is 20.8. The Labute approximate surface area is 376 Å². The second kappa shape index (κ2) is 18.3. The Morgan fingerprint density at radius 2 is 0.631 bits per heavy atom. The third kappa shape index (κ3) is 9.46. The molecule has 0 amide bonds. The fourth-order valence-corrected chi connectivity index (χ4v) is 7.06. The number of nitrogens with zero attached hydrogens (tertiary/aromatic N) is 9. The quantitative estimate of drug-likeness (QED) is 0.145. The lowest BCUT2D eigenvalue weighted by molar-refractivity contribution is 1.20. The van der Waals surface area contributed by atoms with Gasteiger partial charge in [0.2, 0.25) is 0 Å². The van der Waals surface area contributed by atoms with E-state index < -0.39 is 0 Å². The highest BCUT2D eigenvalue weighted by atomic mass is 14.8. The minimum atomic E-state index is 0.589. The van der Waals surface area contributed by atoms with Gasteiger partial charge in [0.25, 0.3) is 0 Å². The summed E-state index contributed by atoms with van der Waals surface area (Å²) < 4.78 is 0. The van der Waals surface area contributed by atoms with E-state index in [1.807, 2.05) is 133 Å². The Morgan fingerprint density at radius 1 is 0.277 bits per heavy atom. The molecule has 10 aromatic rings. The van der Waals surface area contributed by atoms with Crippen LogP contribution in [0.15, 0.2) is 195 Å². The van der Waals surface area contributed by atoms with Gasteiger partial charge < -0.3 is 0 Å². The van der Waals surface area contributed by atoms with Gasteiger partial charge in [-0.2, -0.15) is 0 Å². The highest BCUT2D eigenvalue weighted by Gasteiger charge is 2.13. The molecule has 0 spiro atoms.